The van der Waals surface area contributed by atoms with Crippen LogP contribution < -0.4 is 5.73 Å². The van der Waals surface area contributed by atoms with Gasteiger partial charge >= 0.3 is 0 Å². The highest BCUT2D eigenvalue weighted by Gasteiger charge is 2.27. The minimum absolute atomic E-state index is 0.625. The Morgan fingerprint density at radius 2 is 2.00 bits per heavy atom. The summed E-state index contributed by atoms with van der Waals surface area (Å²) in [6, 6.07) is 2.08. The van der Waals surface area contributed by atoms with Crippen LogP contribution in [0.1, 0.15) is 50.2 Å². The Morgan fingerprint density at radius 1 is 1.25 bits per heavy atom. The molecule has 0 aromatic carbocycles. The standard InChI is InChI=1S/C14H22N2/c1-9-4-5-12(8-11(9)3)13-10(2)6-7-16-14(13)15/h6-7,9,11-12H,4-5,8H2,1-3H3,(H2,15,16). The number of aryl methyl sites for hydroxylation is 1. The SMILES string of the molecule is Cc1ccnc(N)c1C1CCC(C)C(C)C1. The Bertz CT molecular complexity index is 353. The van der Waals surface area contributed by atoms with Crippen LogP contribution in [0, 0.1) is 18.8 Å². The molecule has 2 nitrogen and oxygen atoms in total. The topological polar surface area (TPSA) is 38.9 Å². The highest BCUT2D eigenvalue weighted by molar-refractivity contribution is 5.46. The molecule has 0 bridgehead atoms. The number of hydrogen-bond acceptors (Lipinski definition) is 2. The second kappa shape index (κ2) is 4.44. The molecule has 0 radical (unpaired) electrons. The first-order valence-electron chi connectivity index (χ1n) is 6.30. The summed E-state index contributed by atoms with van der Waals surface area (Å²) < 4.78 is 0. The molecule has 1 aliphatic carbocycles. The number of anilines is 1. The van der Waals surface area contributed by atoms with Crippen molar-refractivity contribution in [1.29, 1.82) is 0 Å². The summed E-state index contributed by atoms with van der Waals surface area (Å²) in [5.74, 6) is 3.03. The molecule has 3 unspecified atom stereocenters. The molecular formula is C14H22N2. The molecule has 1 heterocycles. The monoisotopic (exact) mass is 218 g/mol. The maximum absolute atomic E-state index is 6.02. The number of rotatable bonds is 1. The van der Waals surface area contributed by atoms with Crippen molar-refractivity contribution >= 4 is 5.82 Å². The lowest BCUT2D eigenvalue weighted by Gasteiger charge is -2.33. The third-order valence-electron chi connectivity index (χ3n) is 4.25. The van der Waals surface area contributed by atoms with Gasteiger partial charge in [-0.3, -0.25) is 0 Å². The van der Waals surface area contributed by atoms with Crippen molar-refractivity contribution < 1.29 is 0 Å². The Labute approximate surface area is 98.3 Å². The number of nitrogens with two attached hydrogens (primary N) is 1. The zero-order valence-corrected chi connectivity index (χ0v) is 10.5. The van der Waals surface area contributed by atoms with Crippen LogP contribution >= 0.6 is 0 Å². The minimum atomic E-state index is 0.625. The molecule has 1 fully saturated rings. The van der Waals surface area contributed by atoms with Gasteiger partial charge in [-0.05, 0) is 55.6 Å². The fourth-order valence-electron chi connectivity index (χ4n) is 2.93. The van der Waals surface area contributed by atoms with E-state index in [-0.39, 0.29) is 0 Å². The van der Waals surface area contributed by atoms with Gasteiger partial charge in [0.05, 0.1) is 0 Å². The largest absolute Gasteiger partial charge is 0.383 e. The molecule has 1 aliphatic rings. The van der Waals surface area contributed by atoms with Crippen LogP contribution in [0.3, 0.4) is 0 Å². The normalized spacial score (nSPS) is 30.3. The Morgan fingerprint density at radius 3 is 2.62 bits per heavy atom. The van der Waals surface area contributed by atoms with E-state index in [4.69, 9.17) is 5.73 Å². The molecule has 2 N–H and O–H groups in total. The third-order valence-corrected chi connectivity index (χ3v) is 4.25. The van der Waals surface area contributed by atoms with Gasteiger partial charge in [0, 0.05) is 11.8 Å². The summed E-state index contributed by atoms with van der Waals surface area (Å²) in [5, 5.41) is 0. The van der Waals surface area contributed by atoms with Gasteiger partial charge in [0.25, 0.3) is 0 Å². The van der Waals surface area contributed by atoms with Gasteiger partial charge in [-0.2, -0.15) is 0 Å². The molecule has 2 heteroatoms. The first kappa shape index (κ1) is 11.4. The second-order valence-corrected chi connectivity index (χ2v) is 5.39. The smallest absolute Gasteiger partial charge is 0.127 e. The van der Waals surface area contributed by atoms with Gasteiger partial charge in [-0.15, -0.1) is 0 Å². The van der Waals surface area contributed by atoms with Gasteiger partial charge < -0.3 is 5.73 Å². The Kier molecular flexibility index (Phi) is 3.17. The van der Waals surface area contributed by atoms with Crippen molar-refractivity contribution in [2.75, 3.05) is 5.73 Å². The highest BCUT2D eigenvalue weighted by Crippen LogP contribution is 2.41. The summed E-state index contributed by atoms with van der Waals surface area (Å²) in [5.41, 5.74) is 8.63. The molecule has 1 aromatic rings. The average molecular weight is 218 g/mol. The van der Waals surface area contributed by atoms with Gasteiger partial charge in [0.2, 0.25) is 0 Å². The molecule has 0 amide bonds. The molecule has 88 valence electrons. The molecule has 16 heavy (non-hydrogen) atoms. The number of hydrogen-bond donors (Lipinski definition) is 1. The first-order valence-corrected chi connectivity index (χ1v) is 6.30. The second-order valence-electron chi connectivity index (χ2n) is 5.39. The van der Waals surface area contributed by atoms with Crippen molar-refractivity contribution in [2.45, 2.75) is 46.0 Å². The highest BCUT2D eigenvalue weighted by atomic mass is 14.8. The molecule has 2 rings (SSSR count). The van der Waals surface area contributed by atoms with Gasteiger partial charge in [-0.25, -0.2) is 4.98 Å². The van der Waals surface area contributed by atoms with E-state index in [1.807, 2.05) is 6.20 Å². The van der Waals surface area contributed by atoms with Crippen LogP contribution in [0.15, 0.2) is 12.3 Å². The van der Waals surface area contributed by atoms with Crippen molar-refractivity contribution in [3.8, 4) is 0 Å². The third kappa shape index (κ3) is 2.06. The molecule has 1 aromatic heterocycles. The van der Waals surface area contributed by atoms with E-state index in [0.29, 0.717) is 5.92 Å². The van der Waals surface area contributed by atoms with E-state index in [1.165, 1.54) is 30.4 Å². The van der Waals surface area contributed by atoms with E-state index in [1.54, 1.807) is 0 Å². The lowest BCUT2D eigenvalue weighted by molar-refractivity contribution is 0.250. The van der Waals surface area contributed by atoms with Crippen molar-refractivity contribution in [2.24, 2.45) is 11.8 Å². The van der Waals surface area contributed by atoms with E-state index in [0.717, 1.165) is 17.7 Å². The van der Waals surface area contributed by atoms with Crippen LogP contribution in [0.5, 0.6) is 0 Å². The number of aromatic nitrogens is 1. The zero-order valence-electron chi connectivity index (χ0n) is 10.5. The van der Waals surface area contributed by atoms with Gasteiger partial charge in [0.15, 0.2) is 0 Å². The van der Waals surface area contributed by atoms with Crippen LogP contribution in [-0.4, -0.2) is 4.98 Å². The Hall–Kier alpha value is -1.05. The summed E-state index contributed by atoms with van der Waals surface area (Å²) in [6.07, 6.45) is 5.66. The van der Waals surface area contributed by atoms with E-state index in [2.05, 4.69) is 31.8 Å². The van der Waals surface area contributed by atoms with Crippen LogP contribution in [0.4, 0.5) is 5.82 Å². The maximum atomic E-state index is 6.02. The van der Waals surface area contributed by atoms with Gasteiger partial charge in [-0.1, -0.05) is 13.8 Å². The summed E-state index contributed by atoms with van der Waals surface area (Å²) >= 11 is 0. The fraction of sp³-hybridized carbons (Fsp3) is 0.643. The van der Waals surface area contributed by atoms with Crippen molar-refractivity contribution in [3.63, 3.8) is 0 Å². The van der Waals surface area contributed by atoms with E-state index >= 15 is 0 Å². The molecule has 1 saturated carbocycles. The van der Waals surface area contributed by atoms with Gasteiger partial charge in [0.1, 0.15) is 5.82 Å². The summed E-state index contributed by atoms with van der Waals surface area (Å²) in [6.45, 7) is 6.87. The van der Waals surface area contributed by atoms with E-state index < -0.39 is 0 Å². The van der Waals surface area contributed by atoms with Crippen LogP contribution in [0.25, 0.3) is 0 Å². The molecule has 0 saturated heterocycles. The zero-order chi connectivity index (χ0) is 11.7. The molecule has 3 atom stereocenters. The van der Waals surface area contributed by atoms with E-state index in [9.17, 15) is 0 Å². The number of nitrogens with zero attached hydrogens (tertiary/aromatic N) is 1. The lowest BCUT2D eigenvalue weighted by Crippen LogP contribution is -2.21. The molecule has 0 aliphatic heterocycles. The minimum Gasteiger partial charge on any atom is -0.383 e. The molecule has 0 spiro atoms. The predicted molar refractivity (Wildman–Crippen MR) is 68.3 cm³/mol. The quantitative estimate of drug-likeness (QED) is 0.783. The predicted octanol–water partition coefficient (Wildman–Crippen LogP) is 3.51. The average Bonchev–Trinajstić information content (AvgIpc) is 2.23. The summed E-state index contributed by atoms with van der Waals surface area (Å²) in [4.78, 5) is 4.24. The maximum Gasteiger partial charge on any atom is 0.127 e. The number of nitrogen functional groups attached to an aromatic ring is 1. The lowest BCUT2D eigenvalue weighted by atomic mass is 9.73. The Balaban J connectivity index is 2.25. The summed E-state index contributed by atoms with van der Waals surface area (Å²) in [7, 11) is 0. The van der Waals surface area contributed by atoms with Crippen LogP contribution in [0.2, 0.25) is 0 Å². The first-order chi connectivity index (χ1) is 7.59. The van der Waals surface area contributed by atoms with Crippen molar-refractivity contribution in [1.82, 2.24) is 4.98 Å². The fourth-order valence-corrected chi connectivity index (χ4v) is 2.93. The molecular weight excluding hydrogens is 196 g/mol. The van der Waals surface area contributed by atoms with Crippen LogP contribution in [-0.2, 0) is 0 Å². The van der Waals surface area contributed by atoms with Crippen molar-refractivity contribution in [3.05, 3.63) is 23.4 Å². The number of pyridine rings is 1.